The van der Waals surface area contributed by atoms with Crippen molar-refractivity contribution in [1.82, 2.24) is 4.90 Å². The molecule has 136 valence electrons. The first-order chi connectivity index (χ1) is 12.0. The average Bonchev–Trinajstić information content (AvgIpc) is 3.14. The molecule has 6 nitrogen and oxygen atoms in total. The summed E-state index contributed by atoms with van der Waals surface area (Å²) in [5.74, 6) is 0.607. The maximum Gasteiger partial charge on any atom is 0.224 e. The summed E-state index contributed by atoms with van der Waals surface area (Å²) in [5, 5.41) is 12.7. The fourth-order valence-corrected chi connectivity index (χ4v) is 2.72. The highest BCUT2D eigenvalue weighted by molar-refractivity contribution is 5.92. The minimum atomic E-state index is -0.116. The van der Waals surface area contributed by atoms with Crippen LogP contribution in [0.2, 0.25) is 0 Å². The Labute approximate surface area is 149 Å². The van der Waals surface area contributed by atoms with Crippen LogP contribution in [-0.4, -0.2) is 29.0 Å². The van der Waals surface area contributed by atoms with Crippen LogP contribution in [0.15, 0.2) is 36.2 Å². The molecule has 1 fully saturated rings. The van der Waals surface area contributed by atoms with Crippen molar-refractivity contribution in [3.8, 4) is 5.75 Å². The molecule has 0 bridgehead atoms. The van der Waals surface area contributed by atoms with Crippen LogP contribution in [0, 0.1) is 0 Å². The Kier molecular flexibility index (Phi) is 6.74. The lowest BCUT2D eigenvalue weighted by atomic mass is 10.1. The molecule has 0 radical (unpaired) electrons. The quantitative estimate of drug-likeness (QED) is 0.450. The van der Waals surface area contributed by atoms with Crippen molar-refractivity contribution in [1.29, 1.82) is 0 Å². The molecule has 1 amide bonds. The Morgan fingerprint density at radius 1 is 1.28 bits per heavy atom. The van der Waals surface area contributed by atoms with Gasteiger partial charge in [-0.05, 0) is 55.2 Å². The Balaban J connectivity index is 2.10. The maximum atomic E-state index is 11.9. The number of hydrogen-bond acceptors (Lipinski definition) is 5. The van der Waals surface area contributed by atoms with E-state index in [1.54, 1.807) is 24.3 Å². The minimum absolute atomic E-state index is 0.0218. The van der Waals surface area contributed by atoms with Crippen molar-refractivity contribution < 1.29 is 9.90 Å². The predicted molar refractivity (Wildman–Crippen MR) is 102 cm³/mol. The van der Waals surface area contributed by atoms with E-state index in [4.69, 9.17) is 11.5 Å². The molecule has 2 rings (SSSR count). The Morgan fingerprint density at radius 2 is 2.00 bits per heavy atom. The number of unbranched alkanes of at least 4 members (excludes halogenated alkanes) is 1. The average molecular weight is 344 g/mol. The highest BCUT2D eigenvalue weighted by Gasteiger charge is 2.12. The Morgan fingerprint density at radius 3 is 2.68 bits per heavy atom. The topological polar surface area (TPSA) is 105 Å². The van der Waals surface area contributed by atoms with Gasteiger partial charge in [0.2, 0.25) is 5.91 Å². The number of nitrogens with two attached hydrogens (primary N) is 2. The van der Waals surface area contributed by atoms with Crippen molar-refractivity contribution >= 4 is 17.3 Å². The third-order valence-electron chi connectivity index (χ3n) is 4.27. The van der Waals surface area contributed by atoms with Crippen LogP contribution >= 0.6 is 0 Å². The lowest BCUT2D eigenvalue weighted by Crippen LogP contribution is -2.24. The normalized spacial score (nSPS) is 15.5. The molecule has 1 aliphatic heterocycles. The van der Waals surface area contributed by atoms with E-state index < -0.39 is 0 Å². The van der Waals surface area contributed by atoms with Crippen LogP contribution in [0.25, 0.3) is 5.70 Å². The van der Waals surface area contributed by atoms with E-state index in [0.29, 0.717) is 29.2 Å². The second-order valence-corrected chi connectivity index (χ2v) is 6.29. The number of rotatable bonds is 7. The fourth-order valence-electron chi connectivity index (χ4n) is 2.72. The molecule has 6 heteroatoms. The molecule has 0 aromatic heterocycles. The van der Waals surface area contributed by atoms with Crippen LogP contribution in [-0.2, 0) is 4.79 Å². The summed E-state index contributed by atoms with van der Waals surface area (Å²) in [5.41, 5.74) is 13.8. The molecule has 1 aromatic rings. The number of benzene rings is 1. The molecule has 1 saturated heterocycles. The molecule has 0 saturated carbocycles. The van der Waals surface area contributed by atoms with Gasteiger partial charge in [0.25, 0.3) is 0 Å². The van der Waals surface area contributed by atoms with Gasteiger partial charge in [-0.15, -0.1) is 0 Å². The largest absolute Gasteiger partial charge is 0.506 e. The number of aromatic hydroxyl groups is 1. The molecule has 25 heavy (non-hydrogen) atoms. The Bertz CT molecular complexity index is 661. The number of anilines is 1. The van der Waals surface area contributed by atoms with Crippen LogP contribution < -0.4 is 16.8 Å². The molecular formula is C19H28N4O2. The summed E-state index contributed by atoms with van der Waals surface area (Å²) in [6.45, 7) is 3.98. The van der Waals surface area contributed by atoms with E-state index in [-0.39, 0.29) is 11.7 Å². The third-order valence-corrected chi connectivity index (χ3v) is 4.27. The van der Waals surface area contributed by atoms with E-state index in [1.165, 1.54) is 6.07 Å². The van der Waals surface area contributed by atoms with Crippen molar-refractivity contribution in [2.45, 2.75) is 39.0 Å². The second-order valence-electron chi connectivity index (χ2n) is 6.29. The minimum Gasteiger partial charge on any atom is -0.506 e. The van der Waals surface area contributed by atoms with E-state index in [1.807, 2.05) is 6.92 Å². The summed E-state index contributed by atoms with van der Waals surface area (Å²) >= 11 is 0. The summed E-state index contributed by atoms with van der Waals surface area (Å²) in [7, 11) is 0. The fraction of sp³-hybridized carbons (Fsp3) is 0.421. The molecular weight excluding hydrogens is 316 g/mol. The first-order valence-corrected chi connectivity index (χ1v) is 8.82. The van der Waals surface area contributed by atoms with Crippen molar-refractivity contribution in [2.24, 2.45) is 11.5 Å². The number of allylic oxidation sites excluding steroid dienone is 2. The zero-order valence-electron chi connectivity index (χ0n) is 14.8. The number of nitrogens with one attached hydrogen (secondary N) is 1. The zero-order chi connectivity index (χ0) is 18.2. The van der Waals surface area contributed by atoms with Gasteiger partial charge in [0.1, 0.15) is 5.75 Å². The number of carbonyl (C=O) groups is 1. The number of hydrogen-bond donors (Lipinski definition) is 4. The van der Waals surface area contributed by atoms with Gasteiger partial charge in [-0.2, -0.15) is 0 Å². The number of likely N-dealkylation sites (tertiary alicyclic amines) is 1. The van der Waals surface area contributed by atoms with E-state index in [0.717, 1.165) is 38.8 Å². The lowest BCUT2D eigenvalue weighted by Gasteiger charge is -2.16. The van der Waals surface area contributed by atoms with E-state index >= 15 is 0 Å². The number of carbonyl (C=O) groups excluding carboxylic acids is 1. The third kappa shape index (κ3) is 5.45. The highest BCUT2D eigenvalue weighted by atomic mass is 16.3. The molecule has 1 aromatic carbocycles. The first-order valence-electron chi connectivity index (χ1n) is 8.82. The standard InChI is InChI=1S/C19H28N4O2/c1-2-3-6-19(25)22-16-13-14(7-9-17(16)24)15(20)8-10-18(21)23-11-4-5-12-23/h7-10,13,24H,2-6,11-12,20-21H2,1H3,(H,22,25)/b15-8-,18-10+. The molecule has 0 spiro atoms. The molecule has 1 heterocycles. The molecule has 0 atom stereocenters. The van der Waals surface area contributed by atoms with Gasteiger partial charge in [-0.1, -0.05) is 13.3 Å². The van der Waals surface area contributed by atoms with Gasteiger partial charge in [-0.25, -0.2) is 0 Å². The summed E-state index contributed by atoms with van der Waals surface area (Å²) in [6.07, 6.45) is 8.06. The number of amides is 1. The van der Waals surface area contributed by atoms with Crippen molar-refractivity contribution in [3.05, 3.63) is 41.7 Å². The summed E-state index contributed by atoms with van der Waals surface area (Å²) in [4.78, 5) is 14.0. The highest BCUT2D eigenvalue weighted by Crippen LogP contribution is 2.26. The smallest absolute Gasteiger partial charge is 0.224 e. The van der Waals surface area contributed by atoms with Gasteiger partial charge >= 0.3 is 0 Å². The first kappa shape index (κ1) is 18.7. The monoisotopic (exact) mass is 344 g/mol. The summed E-state index contributed by atoms with van der Waals surface area (Å²) in [6, 6.07) is 4.91. The zero-order valence-corrected chi connectivity index (χ0v) is 14.8. The van der Waals surface area contributed by atoms with E-state index in [2.05, 4.69) is 10.2 Å². The number of phenols is 1. The van der Waals surface area contributed by atoms with Crippen LogP contribution in [0.5, 0.6) is 5.75 Å². The lowest BCUT2D eigenvalue weighted by molar-refractivity contribution is -0.116. The van der Waals surface area contributed by atoms with Gasteiger partial charge in [0, 0.05) is 25.2 Å². The predicted octanol–water partition coefficient (Wildman–Crippen LogP) is 2.72. The van der Waals surface area contributed by atoms with E-state index in [9.17, 15) is 9.90 Å². The molecule has 0 aliphatic carbocycles. The Hall–Kier alpha value is -2.63. The van der Waals surface area contributed by atoms with Crippen molar-refractivity contribution in [3.63, 3.8) is 0 Å². The maximum absolute atomic E-state index is 11.9. The molecule has 0 unspecified atom stereocenters. The number of nitrogens with zero attached hydrogens (tertiary/aromatic N) is 1. The SMILES string of the molecule is CCCCC(=O)Nc1cc(/C(N)=C/C=C(\N)N2CCCC2)ccc1O. The van der Waals surface area contributed by atoms with Gasteiger partial charge in [0.05, 0.1) is 11.5 Å². The molecule has 1 aliphatic rings. The summed E-state index contributed by atoms with van der Waals surface area (Å²) < 4.78 is 0. The number of phenolic OH excluding ortho intramolecular Hbond substituents is 1. The van der Waals surface area contributed by atoms with Crippen LogP contribution in [0.1, 0.15) is 44.6 Å². The van der Waals surface area contributed by atoms with Gasteiger partial charge in [0.15, 0.2) is 0 Å². The van der Waals surface area contributed by atoms with Crippen LogP contribution in [0.4, 0.5) is 5.69 Å². The second kappa shape index (κ2) is 9.01. The van der Waals surface area contributed by atoms with Crippen molar-refractivity contribution in [2.75, 3.05) is 18.4 Å². The van der Waals surface area contributed by atoms with Gasteiger partial charge < -0.3 is 26.8 Å². The van der Waals surface area contributed by atoms with Gasteiger partial charge in [-0.3, -0.25) is 4.79 Å². The van der Waals surface area contributed by atoms with Crippen LogP contribution in [0.3, 0.4) is 0 Å². The molecule has 6 N–H and O–H groups in total.